The molecule has 0 amide bonds. The zero-order valence-corrected chi connectivity index (χ0v) is 37.2. The van der Waals surface area contributed by atoms with E-state index >= 15 is 0 Å². The second-order valence-corrected chi connectivity index (χ2v) is 18.4. The van der Waals surface area contributed by atoms with Crippen LogP contribution in [0.5, 0.6) is 0 Å². The maximum absolute atomic E-state index is 3.40. The van der Waals surface area contributed by atoms with Gasteiger partial charge in [-0.2, -0.15) is 11.6 Å². The molecule has 1 aliphatic rings. The molecule has 1 atom stereocenters. The molecule has 0 aliphatic heterocycles. The van der Waals surface area contributed by atoms with Gasteiger partial charge in [0.15, 0.2) is 0 Å². The van der Waals surface area contributed by atoms with Gasteiger partial charge in [0.05, 0.1) is 0 Å². The fraction of sp³-hybridized carbons (Fsp3) is 0.375. The minimum atomic E-state index is 0. The quantitative estimate of drug-likeness (QED) is 0.168. The third-order valence-corrected chi connectivity index (χ3v) is 10.9. The Bertz CT molecular complexity index is 1840. The van der Waals surface area contributed by atoms with E-state index in [9.17, 15) is 0 Å². The van der Waals surface area contributed by atoms with Gasteiger partial charge in [0.2, 0.25) is 0 Å². The predicted molar refractivity (Wildman–Crippen MR) is 214 cm³/mol. The van der Waals surface area contributed by atoms with Gasteiger partial charge in [0, 0.05) is 0 Å². The normalized spacial score (nSPS) is 14.2. The van der Waals surface area contributed by atoms with Crippen LogP contribution in [0.25, 0.3) is 21.5 Å². The van der Waals surface area contributed by atoms with Crippen molar-refractivity contribution < 1.29 is 49.0 Å². The second-order valence-electron chi connectivity index (χ2n) is 17.2. The van der Waals surface area contributed by atoms with E-state index < -0.39 is 0 Å². The van der Waals surface area contributed by atoms with Crippen LogP contribution in [0.15, 0.2) is 109 Å². The van der Waals surface area contributed by atoms with E-state index in [0.29, 0.717) is 11.8 Å². The van der Waals surface area contributed by atoms with E-state index in [0.717, 1.165) is 0 Å². The van der Waals surface area contributed by atoms with Crippen molar-refractivity contribution >= 4 is 24.8 Å². The van der Waals surface area contributed by atoms with Gasteiger partial charge in [-0.1, -0.05) is 128 Å². The predicted octanol–water partition coefficient (Wildman–Crippen LogP) is 7.34. The molecule has 1 aliphatic carbocycles. The summed E-state index contributed by atoms with van der Waals surface area (Å²) >= 11 is 1.46. The monoisotopic (exact) mass is 794 g/mol. The first-order chi connectivity index (χ1) is 22.8. The van der Waals surface area contributed by atoms with E-state index in [2.05, 4.69) is 199 Å². The topological polar surface area (TPSA) is 0 Å². The van der Waals surface area contributed by atoms with E-state index in [4.69, 9.17) is 0 Å². The van der Waals surface area contributed by atoms with Crippen molar-refractivity contribution in [1.82, 2.24) is 0 Å². The van der Waals surface area contributed by atoms with Gasteiger partial charge in [-0.3, -0.25) is 6.08 Å². The van der Waals surface area contributed by atoms with E-state index in [1.54, 1.807) is 0 Å². The molecule has 5 aromatic rings. The van der Waals surface area contributed by atoms with Gasteiger partial charge in [0.1, 0.15) is 0 Å². The van der Waals surface area contributed by atoms with Crippen molar-refractivity contribution in [2.75, 3.05) is 0 Å². The van der Waals surface area contributed by atoms with Crippen LogP contribution in [0.2, 0.25) is 0 Å². The van der Waals surface area contributed by atoms with Crippen molar-refractivity contribution in [2.24, 2.45) is 17.3 Å². The molecule has 0 saturated heterocycles. The van der Waals surface area contributed by atoms with Crippen LogP contribution in [-0.4, -0.2) is 3.21 Å². The molecule has 0 heterocycles. The molecule has 6 rings (SSSR count). The Kier molecular flexibility index (Phi) is 15.8. The number of hydrogen-bond acceptors (Lipinski definition) is 0. The molecule has 3 heteroatoms. The van der Waals surface area contributed by atoms with Crippen LogP contribution in [-0.2, 0) is 35.1 Å². The fourth-order valence-electron chi connectivity index (χ4n) is 6.65. The van der Waals surface area contributed by atoms with Gasteiger partial charge < -0.3 is 24.8 Å². The van der Waals surface area contributed by atoms with Crippen LogP contribution in [0.4, 0.5) is 0 Å². The van der Waals surface area contributed by atoms with Gasteiger partial charge >= 0.3 is 99.2 Å². The number of benzene rings is 4. The molecule has 0 bridgehead atoms. The summed E-state index contributed by atoms with van der Waals surface area (Å²) < 4.78 is 1.42. The number of hydrogen-bond donors (Lipinski definition) is 0. The Morgan fingerprint density at radius 1 is 0.627 bits per heavy atom. The SMILES string of the molecule is CC(C)C1[C-]=CC(C(C)(C)C)=C1.Cc1cc2[cH-]c3cc(C)c(C(C)(C)C)cc3c2cc1C(C)(C)C.[Cl-].[Cl-].[Zr+2]=[C](c1ccccc1)c1ccccc1. The molecule has 51 heavy (non-hydrogen) atoms. The van der Waals surface area contributed by atoms with Crippen molar-refractivity contribution in [3.05, 3.63) is 148 Å². The number of fused-ring (bicyclic) bond motifs is 3. The maximum atomic E-state index is 3.40. The summed E-state index contributed by atoms with van der Waals surface area (Å²) in [5.41, 5.74) is 10.4. The van der Waals surface area contributed by atoms with Crippen molar-refractivity contribution in [2.45, 2.75) is 101 Å². The van der Waals surface area contributed by atoms with E-state index in [1.807, 2.05) is 0 Å². The molecule has 0 nitrogen and oxygen atoms in total. The van der Waals surface area contributed by atoms with Crippen LogP contribution in [0, 0.1) is 37.2 Å². The molecule has 270 valence electrons. The van der Waals surface area contributed by atoms with Gasteiger partial charge in [-0.15, -0.1) is 39.7 Å². The average Bonchev–Trinajstić information content (AvgIpc) is 3.66. The summed E-state index contributed by atoms with van der Waals surface area (Å²) in [5.74, 6) is 1.22. The molecule has 5 aromatic carbocycles. The van der Waals surface area contributed by atoms with E-state index in [1.165, 1.54) is 87.9 Å². The summed E-state index contributed by atoms with van der Waals surface area (Å²) in [6.07, 6.45) is 7.90. The standard InChI is InChI=1S/C23H29.C13H10.C12H19.2ClH.Zr/c1-14-9-16-11-17-10-15(2)21(23(6,7)8)13-19(17)18(16)12-20(14)22(3,4)5;1-3-7-12(8-4-1)11-13-9-5-2-6-10-13;1-9(2)10-6-7-11(8-10)12(3,4)5;;;/h9-13H,1-8H3;1-10H;7-10H,1-5H3;2*1H;/q-1;;-1;;;+2/p-2. The van der Waals surface area contributed by atoms with Crippen LogP contribution in [0.1, 0.15) is 110 Å². The molecule has 1 unspecified atom stereocenters. The summed E-state index contributed by atoms with van der Waals surface area (Å²) in [4.78, 5) is 0. The van der Waals surface area contributed by atoms with Crippen molar-refractivity contribution in [3.63, 3.8) is 0 Å². The Morgan fingerprint density at radius 2 is 1.02 bits per heavy atom. The van der Waals surface area contributed by atoms with Gasteiger partial charge in [-0.25, -0.2) is 6.08 Å². The molecule has 0 aromatic heterocycles. The zero-order chi connectivity index (χ0) is 36.3. The van der Waals surface area contributed by atoms with E-state index in [-0.39, 0.29) is 41.1 Å². The fourth-order valence-corrected chi connectivity index (χ4v) is 7.47. The number of rotatable bonds is 3. The first-order valence-corrected chi connectivity index (χ1v) is 19.2. The van der Waals surface area contributed by atoms with Crippen LogP contribution in [0.3, 0.4) is 0 Å². The Balaban J connectivity index is 0.000000278. The van der Waals surface area contributed by atoms with Crippen LogP contribution < -0.4 is 24.8 Å². The Labute approximate surface area is 337 Å². The first-order valence-electron chi connectivity index (χ1n) is 17.9. The zero-order valence-electron chi connectivity index (χ0n) is 33.2. The molecular weight excluding hydrogens is 739 g/mol. The minimum absolute atomic E-state index is 0. The third kappa shape index (κ3) is 11.5. The molecular formula is C48H58Cl2Zr-2. The second kappa shape index (κ2) is 18.1. The average molecular weight is 797 g/mol. The summed E-state index contributed by atoms with van der Waals surface area (Å²) in [5, 5.41) is 5.55. The molecule has 0 radical (unpaired) electrons. The Morgan fingerprint density at radius 3 is 1.31 bits per heavy atom. The van der Waals surface area contributed by atoms with Crippen molar-refractivity contribution in [1.29, 1.82) is 0 Å². The summed E-state index contributed by atoms with van der Waals surface area (Å²) in [7, 11) is 0. The molecule has 0 fully saturated rings. The molecule has 0 N–H and O–H groups in total. The number of allylic oxidation sites excluding steroid dienone is 4. The molecule has 0 spiro atoms. The summed E-state index contributed by atoms with van der Waals surface area (Å²) in [6.45, 7) is 29.5. The van der Waals surface area contributed by atoms with Gasteiger partial charge in [-0.05, 0) is 24.7 Å². The van der Waals surface area contributed by atoms with Gasteiger partial charge in [0.25, 0.3) is 0 Å². The number of halogens is 2. The molecule has 0 saturated carbocycles. The first kappa shape index (κ1) is 44.7. The van der Waals surface area contributed by atoms with Crippen molar-refractivity contribution in [3.8, 4) is 0 Å². The third-order valence-electron chi connectivity index (χ3n) is 9.51. The Hall–Kier alpha value is -2.44. The summed E-state index contributed by atoms with van der Waals surface area (Å²) in [6, 6.07) is 33.0. The van der Waals surface area contributed by atoms with Crippen LogP contribution >= 0.6 is 0 Å². The number of aryl methyl sites for hydroxylation is 2.